The van der Waals surface area contributed by atoms with Gasteiger partial charge < -0.3 is 24.0 Å². The Labute approximate surface area is 281 Å². The number of sulfone groups is 1. The number of piperidine rings is 1. The summed E-state index contributed by atoms with van der Waals surface area (Å²) >= 11 is 0. The number of benzene rings is 2. The van der Waals surface area contributed by atoms with Gasteiger partial charge in [-0.25, -0.2) is 28.0 Å². The van der Waals surface area contributed by atoms with Crippen LogP contribution in [-0.2, 0) is 24.1 Å². The van der Waals surface area contributed by atoms with Crippen LogP contribution in [0.15, 0.2) is 60.7 Å². The molecule has 1 N–H and O–H groups in total. The molecular formula is C35H43N5O7S. The summed E-state index contributed by atoms with van der Waals surface area (Å²) in [7, 11) is -3.67. The van der Waals surface area contributed by atoms with Crippen molar-refractivity contribution in [3.05, 3.63) is 66.4 Å². The van der Waals surface area contributed by atoms with Crippen molar-refractivity contribution in [3.63, 3.8) is 0 Å². The first-order chi connectivity index (χ1) is 22.8. The van der Waals surface area contributed by atoms with E-state index in [0.717, 1.165) is 0 Å². The molecule has 12 nitrogen and oxygen atoms in total. The number of hydrogen-bond donors (Lipinski definition) is 1. The zero-order valence-electron chi connectivity index (χ0n) is 27.8. The highest BCUT2D eigenvalue weighted by Gasteiger charge is 2.55. The number of nitrogens with zero attached hydrogens (tertiary/aromatic N) is 4. The molecule has 1 aliphatic carbocycles. The van der Waals surface area contributed by atoms with Gasteiger partial charge in [0, 0.05) is 37.0 Å². The minimum Gasteiger partial charge on any atom is -0.444 e. The van der Waals surface area contributed by atoms with Crippen LogP contribution in [0.2, 0.25) is 0 Å². The summed E-state index contributed by atoms with van der Waals surface area (Å²) in [6, 6.07) is 17.6. The topological polar surface area (TPSA) is 140 Å². The first-order valence-corrected chi connectivity index (χ1v) is 18.0. The summed E-state index contributed by atoms with van der Waals surface area (Å²) in [4.78, 5) is 39.1. The van der Waals surface area contributed by atoms with Crippen LogP contribution in [0.3, 0.4) is 0 Å². The summed E-state index contributed by atoms with van der Waals surface area (Å²) in [5.41, 5.74) is 0.946. The number of morpholine rings is 1. The van der Waals surface area contributed by atoms with E-state index in [4.69, 9.17) is 24.2 Å². The summed E-state index contributed by atoms with van der Waals surface area (Å²) in [5.74, 6) is 1.42. The molecule has 48 heavy (non-hydrogen) atoms. The Kier molecular flexibility index (Phi) is 9.36. The maximum Gasteiger partial charge on any atom is 0.417 e. The Morgan fingerprint density at radius 1 is 0.979 bits per heavy atom. The molecular weight excluding hydrogens is 634 g/mol. The average Bonchev–Trinajstić information content (AvgIpc) is 3.91. The third-order valence-electron chi connectivity index (χ3n) is 8.92. The van der Waals surface area contributed by atoms with E-state index in [-0.39, 0.29) is 32.0 Å². The number of ether oxygens (including phenoxy) is 3. The molecule has 256 valence electrons. The van der Waals surface area contributed by atoms with Crippen LogP contribution >= 0.6 is 0 Å². The molecule has 0 unspecified atom stereocenters. The van der Waals surface area contributed by atoms with Gasteiger partial charge in [0.25, 0.3) is 0 Å². The van der Waals surface area contributed by atoms with Gasteiger partial charge >= 0.3 is 12.2 Å². The normalized spacial score (nSPS) is 19.8. The van der Waals surface area contributed by atoms with Gasteiger partial charge in [-0.05, 0) is 89.8 Å². The van der Waals surface area contributed by atoms with E-state index in [1.165, 1.54) is 0 Å². The third kappa shape index (κ3) is 7.26. The fraction of sp³-hybridized carbons (Fsp3) is 0.486. The van der Waals surface area contributed by atoms with E-state index in [0.29, 0.717) is 66.9 Å². The number of rotatable bonds is 7. The SMILES string of the molecule is C[C@H]1COCCN1c1cc(C2(S(=O)(=O)C3CC3)CCN(C(=O)OC(C)(C)C)CC2)nc(-c2ccc(NC(=O)Oc3ccccc3)cc2)n1. The van der Waals surface area contributed by atoms with Crippen LogP contribution in [0.1, 0.15) is 59.1 Å². The van der Waals surface area contributed by atoms with Crippen LogP contribution in [-0.4, -0.2) is 85.2 Å². The van der Waals surface area contributed by atoms with Gasteiger partial charge in [0.15, 0.2) is 15.7 Å². The minimum absolute atomic E-state index is 0.0153. The molecule has 0 spiro atoms. The van der Waals surface area contributed by atoms with E-state index >= 15 is 0 Å². The van der Waals surface area contributed by atoms with Crippen molar-refractivity contribution in [1.29, 1.82) is 0 Å². The zero-order chi connectivity index (χ0) is 34.1. The molecule has 1 aromatic heterocycles. The zero-order valence-corrected chi connectivity index (χ0v) is 28.7. The second kappa shape index (κ2) is 13.3. The van der Waals surface area contributed by atoms with Crippen LogP contribution in [0.5, 0.6) is 5.75 Å². The lowest BCUT2D eigenvalue weighted by atomic mass is 9.91. The number of anilines is 2. The molecule has 2 aliphatic heterocycles. The van der Waals surface area contributed by atoms with Crippen LogP contribution in [0.4, 0.5) is 21.1 Å². The average molecular weight is 678 g/mol. The largest absolute Gasteiger partial charge is 0.444 e. The molecule has 0 bridgehead atoms. The lowest BCUT2D eigenvalue weighted by Gasteiger charge is -2.42. The molecule has 3 aromatic rings. The lowest BCUT2D eigenvalue weighted by molar-refractivity contribution is 0.0191. The molecule has 3 aliphatic rings. The number of nitrogens with one attached hydrogen (secondary N) is 1. The van der Waals surface area contributed by atoms with Crippen molar-refractivity contribution in [2.45, 2.75) is 75.0 Å². The Bertz CT molecular complexity index is 1730. The van der Waals surface area contributed by atoms with E-state index in [9.17, 15) is 18.0 Å². The van der Waals surface area contributed by atoms with E-state index in [1.807, 2.05) is 39.8 Å². The first kappa shape index (κ1) is 33.7. The quantitative estimate of drug-likeness (QED) is 0.327. The number of para-hydroxylation sites is 1. The highest BCUT2D eigenvalue weighted by Crippen LogP contribution is 2.48. The fourth-order valence-electron chi connectivity index (χ4n) is 6.21. The van der Waals surface area contributed by atoms with Crippen LogP contribution in [0.25, 0.3) is 11.4 Å². The van der Waals surface area contributed by atoms with Crippen LogP contribution in [0, 0.1) is 0 Å². The van der Waals surface area contributed by atoms with Crippen molar-refractivity contribution in [2.75, 3.05) is 43.1 Å². The molecule has 2 amide bonds. The first-order valence-electron chi connectivity index (χ1n) is 16.4. The second-order valence-electron chi connectivity index (χ2n) is 13.7. The van der Waals surface area contributed by atoms with E-state index in [2.05, 4.69) is 10.2 Å². The third-order valence-corrected chi connectivity index (χ3v) is 12.0. The molecule has 2 saturated heterocycles. The Morgan fingerprint density at radius 2 is 1.67 bits per heavy atom. The number of amides is 2. The number of carbonyl (C=O) groups is 2. The van der Waals surface area contributed by atoms with Gasteiger partial charge in [-0.15, -0.1) is 0 Å². The maximum absolute atomic E-state index is 14.4. The maximum atomic E-state index is 14.4. The molecule has 1 saturated carbocycles. The van der Waals surface area contributed by atoms with Crippen molar-refractivity contribution in [2.24, 2.45) is 0 Å². The molecule has 0 radical (unpaired) electrons. The highest BCUT2D eigenvalue weighted by atomic mass is 32.2. The van der Waals surface area contributed by atoms with Crippen LogP contribution < -0.4 is 15.0 Å². The molecule has 1 atom stereocenters. The van der Waals surface area contributed by atoms with Gasteiger partial charge in [-0.1, -0.05) is 18.2 Å². The summed E-state index contributed by atoms with van der Waals surface area (Å²) in [6.07, 6.45) is 0.560. The van der Waals surface area contributed by atoms with Gasteiger partial charge in [0.05, 0.1) is 30.2 Å². The number of likely N-dealkylation sites (tertiary alicyclic amines) is 1. The Hall–Kier alpha value is -4.23. The van der Waals surface area contributed by atoms with Gasteiger partial charge in [0.2, 0.25) is 0 Å². The molecule has 6 rings (SSSR count). The summed E-state index contributed by atoms with van der Waals surface area (Å²) in [6.45, 7) is 9.57. The predicted octanol–water partition coefficient (Wildman–Crippen LogP) is 5.78. The summed E-state index contributed by atoms with van der Waals surface area (Å²) in [5, 5.41) is 2.29. The molecule has 3 fully saturated rings. The smallest absolute Gasteiger partial charge is 0.417 e. The Morgan fingerprint density at radius 3 is 2.29 bits per heavy atom. The highest BCUT2D eigenvalue weighted by molar-refractivity contribution is 7.93. The number of carbonyl (C=O) groups excluding carboxylic acids is 2. The Balaban J connectivity index is 1.34. The standard InChI is InChI=1S/C35H43N5O7S/c1-24-23-45-21-20-40(24)30-22-29(35(48(43,44)28-14-15-28)16-18-39(19-17-35)33(42)47-34(2,3)4)37-31(38-30)25-10-12-26(13-11-25)36-32(41)46-27-8-6-5-7-9-27/h5-13,22,24,28H,14-21,23H2,1-4H3,(H,36,41)/t24-/m0/s1. The molecule has 2 aromatic carbocycles. The van der Waals surface area contributed by atoms with E-state index < -0.39 is 37.6 Å². The molecule has 3 heterocycles. The van der Waals surface area contributed by atoms with Crippen molar-refractivity contribution in [3.8, 4) is 17.1 Å². The van der Waals surface area contributed by atoms with Crippen molar-refractivity contribution < 1.29 is 32.2 Å². The van der Waals surface area contributed by atoms with Crippen molar-refractivity contribution >= 4 is 33.5 Å². The molecule has 13 heteroatoms. The fourth-order valence-corrected chi connectivity index (χ4v) is 8.76. The predicted molar refractivity (Wildman–Crippen MR) is 182 cm³/mol. The van der Waals surface area contributed by atoms with Gasteiger partial charge in [-0.2, -0.15) is 0 Å². The monoisotopic (exact) mass is 677 g/mol. The van der Waals surface area contributed by atoms with E-state index in [1.54, 1.807) is 53.4 Å². The number of aromatic nitrogens is 2. The van der Waals surface area contributed by atoms with Gasteiger partial charge in [0.1, 0.15) is 21.9 Å². The number of hydrogen-bond acceptors (Lipinski definition) is 10. The van der Waals surface area contributed by atoms with Crippen molar-refractivity contribution in [1.82, 2.24) is 14.9 Å². The summed E-state index contributed by atoms with van der Waals surface area (Å²) < 4.78 is 44.1. The van der Waals surface area contributed by atoms with Gasteiger partial charge in [-0.3, -0.25) is 5.32 Å². The minimum atomic E-state index is -3.67. The lowest BCUT2D eigenvalue weighted by Crippen LogP contribution is -2.51. The second-order valence-corrected chi connectivity index (χ2v) is 16.2.